The van der Waals surface area contributed by atoms with E-state index in [1.165, 1.54) is 0 Å². The number of nitrogens with one attached hydrogen (secondary N) is 4. The predicted molar refractivity (Wildman–Crippen MR) is 184 cm³/mol. The van der Waals surface area contributed by atoms with Gasteiger partial charge in [0.25, 0.3) is 0 Å². The van der Waals surface area contributed by atoms with E-state index in [1.54, 1.807) is 6.20 Å². The molecule has 4 aromatic rings. The molecule has 0 bridgehead atoms. The quantitative estimate of drug-likeness (QED) is 0.0466. The average Bonchev–Trinajstić information content (AvgIpc) is 3.48. The maximum Gasteiger partial charge on any atom is 0.326 e. The minimum atomic E-state index is -1.26. The fraction of sp³-hybridized carbons (Fsp3) is 0.286. The van der Waals surface area contributed by atoms with Crippen molar-refractivity contribution in [3.05, 3.63) is 108 Å². The highest BCUT2D eigenvalue weighted by atomic mass is 16.4. The monoisotopic (exact) mass is 654 g/mol. The second-order valence-corrected chi connectivity index (χ2v) is 11.5. The van der Waals surface area contributed by atoms with E-state index in [0.29, 0.717) is 6.42 Å². The third-order valence-electron chi connectivity index (χ3n) is 7.84. The molecule has 0 spiro atoms. The Morgan fingerprint density at radius 3 is 1.88 bits per heavy atom. The van der Waals surface area contributed by atoms with Gasteiger partial charge in [0.05, 0.1) is 6.04 Å². The Hall–Kier alpha value is -5.69. The molecule has 48 heavy (non-hydrogen) atoms. The number of aliphatic carboxylic acids is 1. The number of carboxylic acids is 1. The summed E-state index contributed by atoms with van der Waals surface area (Å²) < 4.78 is 0. The van der Waals surface area contributed by atoms with Gasteiger partial charge in [-0.3, -0.25) is 19.4 Å². The standard InChI is InChI=1S/C35H42N8O5/c36-26(18-22-10-3-1-4-11-22)31(44)42-29(19-23-12-5-2-6-13-23)32(45)43-30(20-24-21-40-27-15-8-7-14-25(24)27)33(46)41-28(34(47)48)16-9-17-39-35(37)38/h1-8,10-15,21,26,28-30,40H,9,16-20,36H2,(H,41,46)(H,42,44)(H,43,45)(H,47,48)(H4,37,38,39). The summed E-state index contributed by atoms with van der Waals surface area (Å²) in [7, 11) is 0. The van der Waals surface area contributed by atoms with Gasteiger partial charge in [-0.2, -0.15) is 0 Å². The van der Waals surface area contributed by atoms with Gasteiger partial charge in [-0.25, -0.2) is 4.79 Å². The van der Waals surface area contributed by atoms with Crippen LogP contribution in [-0.4, -0.2) is 70.5 Å². The maximum atomic E-state index is 14.0. The summed E-state index contributed by atoms with van der Waals surface area (Å²) in [6.45, 7) is 0.185. The second kappa shape index (κ2) is 17.3. The summed E-state index contributed by atoms with van der Waals surface area (Å²) in [6.07, 6.45) is 2.52. The van der Waals surface area contributed by atoms with E-state index >= 15 is 0 Å². The molecule has 4 unspecified atom stereocenters. The lowest BCUT2D eigenvalue weighted by molar-refractivity contribution is -0.142. The van der Waals surface area contributed by atoms with E-state index < -0.39 is 47.9 Å². The summed E-state index contributed by atoms with van der Waals surface area (Å²) in [4.78, 5) is 60.1. The number of carbonyl (C=O) groups is 4. The van der Waals surface area contributed by atoms with Crippen LogP contribution in [0.3, 0.4) is 0 Å². The predicted octanol–water partition coefficient (Wildman–Crippen LogP) is 1.12. The number of aromatic amines is 1. The number of aromatic nitrogens is 1. The van der Waals surface area contributed by atoms with Gasteiger partial charge in [-0.05, 0) is 42.0 Å². The van der Waals surface area contributed by atoms with E-state index in [0.717, 1.165) is 27.6 Å². The number of hydrogen-bond donors (Lipinski definition) is 8. The van der Waals surface area contributed by atoms with Crippen LogP contribution in [-0.2, 0) is 38.4 Å². The fourth-order valence-corrected chi connectivity index (χ4v) is 5.33. The molecule has 13 nitrogen and oxygen atoms in total. The first-order valence-electron chi connectivity index (χ1n) is 15.7. The SMILES string of the molecule is NC(N)=NCCCC(NC(=O)C(Cc1c[nH]c2ccccc12)NC(=O)C(Cc1ccccc1)NC(=O)C(N)Cc1ccccc1)C(=O)O. The van der Waals surface area contributed by atoms with E-state index in [-0.39, 0.29) is 38.2 Å². The lowest BCUT2D eigenvalue weighted by Gasteiger charge is -2.25. The molecule has 0 saturated carbocycles. The molecule has 4 atom stereocenters. The number of guanidine groups is 1. The lowest BCUT2D eigenvalue weighted by Crippen LogP contribution is -2.58. The van der Waals surface area contributed by atoms with Crippen molar-refractivity contribution in [2.45, 2.75) is 56.3 Å². The van der Waals surface area contributed by atoms with Crippen LogP contribution in [0.25, 0.3) is 10.9 Å². The molecule has 0 saturated heterocycles. The van der Waals surface area contributed by atoms with E-state index in [9.17, 15) is 24.3 Å². The fourth-order valence-electron chi connectivity index (χ4n) is 5.33. The largest absolute Gasteiger partial charge is 0.480 e. The molecule has 11 N–H and O–H groups in total. The third-order valence-corrected chi connectivity index (χ3v) is 7.84. The van der Waals surface area contributed by atoms with Crippen molar-refractivity contribution < 1.29 is 24.3 Å². The highest BCUT2D eigenvalue weighted by Gasteiger charge is 2.31. The Labute approximate surface area is 278 Å². The summed E-state index contributed by atoms with van der Waals surface area (Å²) in [5.41, 5.74) is 20.2. The number of nitrogens with two attached hydrogens (primary N) is 3. The van der Waals surface area contributed by atoms with Crippen LogP contribution in [0.4, 0.5) is 0 Å². The summed E-state index contributed by atoms with van der Waals surface area (Å²) in [5, 5.41) is 18.8. The molecule has 0 radical (unpaired) electrons. The number of para-hydroxylation sites is 1. The molecule has 0 aliphatic rings. The molecular formula is C35H42N8O5. The smallest absolute Gasteiger partial charge is 0.326 e. The molecule has 3 amide bonds. The number of hydrogen-bond acceptors (Lipinski definition) is 6. The Morgan fingerprint density at radius 1 is 0.708 bits per heavy atom. The minimum Gasteiger partial charge on any atom is -0.480 e. The van der Waals surface area contributed by atoms with Crippen LogP contribution in [0.5, 0.6) is 0 Å². The number of rotatable bonds is 17. The number of carboxylic acid groups (broad SMARTS) is 1. The molecule has 4 rings (SSSR count). The first-order chi connectivity index (χ1) is 23.1. The van der Waals surface area contributed by atoms with E-state index in [4.69, 9.17) is 17.2 Å². The molecular weight excluding hydrogens is 612 g/mol. The zero-order valence-electron chi connectivity index (χ0n) is 26.5. The Morgan fingerprint density at radius 2 is 1.25 bits per heavy atom. The number of benzene rings is 3. The van der Waals surface area contributed by atoms with Crippen molar-refractivity contribution in [3.63, 3.8) is 0 Å². The summed E-state index contributed by atoms with van der Waals surface area (Å²) in [5.74, 6) is -3.22. The van der Waals surface area contributed by atoms with Crippen molar-refractivity contribution in [2.24, 2.45) is 22.2 Å². The third kappa shape index (κ3) is 10.4. The lowest BCUT2D eigenvalue weighted by atomic mass is 10.0. The number of carbonyl (C=O) groups excluding carboxylic acids is 3. The molecule has 3 aromatic carbocycles. The average molecular weight is 655 g/mol. The van der Waals surface area contributed by atoms with Crippen LogP contribution < -0.4 is 33.2 Å². The van der Waals surface area contributed by atoms with Crippen molar-refractivity contribution in [2.75, 3.05) is 6.54 Å². The van der Waals surface area contributed by atoms with E-state index in [2.05, 4.69) is 25.9 Å². The van der Waals surface area contributed by atoms with Gasteiger partial charge in [-0.1, -0.05) is 78.9 Å². The number of aliphatic imine (C=N–C) groups is 1. The Bertz CT molecular complexity index is 1710. The van der Waals surface area contributed by atoms with Gasteiger partial charge < -0.3 is 43.2 Å². The van der Waals surface area contributed by atoms with Crippen LogP contribution in [0.2, 0.25) is 0 Å². The number of fused-ring (bicyclic) bond motifs is 1. The van der Waals surface area contributed by atoms with Gasteiger partial charge in [0.15, 0.2) is 5.96 Å². The number of nitrogens with zero attached hydrogens (tertiary/aromatic N) is 1. The molecule has 1 aromatic heterocycles. The van der Waals surface area contributed by atoms with Crippen molar-refractivity contribution >= 4 is 40.6 Å². The summed E-state index contributed by atoms with van der Waals surface area (Å²) in [6, 6.07) is 21.4. The van der Waals surface area contributed by atoms with Crippen LogP contribution in [0.1, 0.15) is 29.5 Å². The molecule has 0 aliphatic heterocycles. The normalized spacial score (nSPS) is 13.4. The van der Waals surface area contributed by atoms with E-state index in [1.807, 2.05) is 84.9 Å². The molecule has 13 heteroatoms. The number of amides is 3. The van der Waals surface area contributed by atoms with Crippen LogP contribution >= 0.6 is 0 Å². The first-order valence-corrected chi connectivity index (χ1v) is 15.7. The zero-order chi connectivity index (χ0) is 34.5. The Balaban J connectivity index is 1.56. The van der Waals surface area contributed by atoms with Crippen LogP contribution in [0.15, 0.2) is 96.1 Å². The highest BCUT2D eigenvalue weighted by molar-refractivity contribution is 5.95. The Kier molecular flexibility index (Phi) is 12.7. The van der Waals surface area contributed by atoms with Gasteiger partial charge in [0.1, 0.15) is 18.1 Å². The van der Waals surface area contributed by atoms with Crippen molar-refractivity contribution in [3.8, 4) is 0 Å². The molecule has 252 valence electrons. The summed E-state index contributed by atoms with van der Waals surface area (Å²) >= 11 is 0. The molecule has 0 aliphatic carbocycles. The zero-order valence-corrected chi connectivity index (χ0v) is 26.5. The minimum absolute atomic E-state index is 0.0431. The van der Waals surface area contributed by atoms with Gasteiger partial charge >= 0.3 is 5.97 Å². The van der Waals surface area contributed by atoms with Crippen LogP contribution in [0, 0.1) is 0 Å². The van der Waals surface area contributed by atoms with Crippen molar-refractivity contribution in [1.82, 2.24) is 20.9 Å². The second-order valence-electron chi connectivity index (χ2n) is 11.5. The van der Waals surface area contributed by atoms with Gasteiger partial charge in [0, 0.05) is 36.5 Å². The topological polar surface area (TPSA) is 231 Å². The van der Waals surface area contributed by atoms with Gasteiger partial charge in [-0.15, -0.1) is 0 Å². The maximum absolute atomic E-state index is 14.0. The molecule has 1 heterocycles. The molecule has 0 fully saturated rings. The first kappa shape index (κ1) is 35.2. The van der Waals surface area contributed by atoms with Gasteiger partial charge in [0.2, 0.25) is 17.7 Å². The highest BCUT2D eigenvalue weighted by Crippen LogP contribution is 2.19. The number of H-pyrrole nitrogens is 1. The van der Waals surface area contributed by atoms with Crippen molar-refractivity contribution in [1.29, 1.82) is 0 Å².